The molecule has 4 atom stereocenters. The second-order valence-corrected chi connectivity index (χ2v) is 9.19. The number of allylic oxidation sites excluding steroid dienone is 2. The van der Waals surface area contributed by atoms with Gasteiger partial charge in [0.15, 0.2) is 11.6 Å². The van der Waals surface area contributed by atoms with Gasteiger partial charge in [0.25, 0.3) is 0 Å². The molecule has 0 N–H and O–H groups in total. The van der Waals surface area contributed by atoms with Gasteiger partial charge in [-0.1, -0.05) is 24.3 Å². The second-order valence-electron chi connectivity index (χ2n) is 9.19. The maximum Gasteiger partial charge on any atom is 0.346 e. The molecule has 2 aliphatic rings. The van der Waals surface area contributed by atoms with Crippen LogP contribution in [-0.4, -0.2) is 5.97 Å². The Balaban J connectivity index is 1.42. The molecule has 2 fully saturated rings. The molecule has 2 aliphatic carbocycles. The van der Waals surface area contributed by atoms with Gasteiger partial charge in [-0.2, -0.15) is 0 Å². The highest BCUT2D eigenvalue weighted by molar-refractivity contribution is 5.91. The van der Waals surface area contributed by atoms with E-state index in [2.05, 4.69) is 19.1 Å². The van der Waals surface area contributed by atoms with Crippen molar-refractivity contribution in [3.8, 4) is 5.75 Å². The van der Waals surface area contributed by atoms with Crippen molar-refractivity contribution in [3.63, 3.8) is 0 Å². The molecule has 0 radical (unpaired) electrons. The minimum Gasteiger partial charge on any atom is -0.420 e. The molecule has 4 rings (SSSR count). The van der Waals surface area contributed by atoms with Gasteiger partial charge in [-0.15, -0.1) is 0 Å². The van der Waals surface area contributed by atoms with Crippen molar-refractivity contribution in [2.45, 2.75) is 58.3 Å². The first-order valence-corrected chi connectivity index (χ1v) is 11.3. The SMILES string of the molecule is C/C=C/C1CCC2CC(c3ccc(C(=O)Oc4ccc(C)cc4F)c(F)c3)CCC2C1. The summed E-state index contributed by atoms with van der Waals surface area (Å²) in [6.07, 6.45) is 11.6. The molecular formula is C27H30F2O2. The van der Waals surface area contributed by atoms with Crippen molar-refractivity contribution in [1.82, 2.24) is 0 Å². The Morgan fingerprint density at radius 3 is 2.48 bits per heavy atom. The predicted molar refractivity (Wildman–Crippen MR) is 118 cm³/mol. The van der Waals surface area contributed by atoms with Crippen molar-refractivity contribution in [1.29, 1.82) is 0 Å². The molecule has 0 aromatic heterocycles. The van der Waals surface area contributed by atoms with E-state index in [-0.39, 0.29) is 11.3 Å². The predicted octanol–water partition coefficient (Wildman–Crippen LogP) is 7.37. The van der Waals surface area contributed by atoms with Gasteiger partial charge in [0.1, 0.15) is 5.82 Å². The normalized spacial score (nSPS) is 25.9. The van der Waals surface area contributed by atoms with Gasteiger partial charge >= 0.3 is 5.97 Å². The lowest BCUT2D eigenvalue weighted by molar-refractivity contribution is 0.0723. The molecule has 164 valence electrons. The molecule has 31 heavy (non-hydrogen) atoms. The number of rotatable bonds is 4. The van der Waals surface area contributed by atoms with Crippen molar-refractivity contribution in [2.24, 2.45) is 17.8 Å². The molecule has 0 amide bonds. The summed E-state index contributed by atoms with van der Waals surface area (Å²) in [6.45, 7) is 3.84. The lowest BCUT2D eigenvalue weighted by Gasteiger charge is -2.41. The van der Waals surface area contributed by atoms with E-state index in [0.717, 1.165) is 29.9 Å². The third-order valence-corrected chi connectivity index (χ3v) is 7.09. The van der Waals surface area contributed by atoms with Crippen LogP contribution in [0.15, 0.2) is 48.6 Å². The summed E-state index contributed by atoms with van der Waals surface area (Å²) >= 11 is 0. The number of hydrogen-bond acceptors (Lipinski definition) is 2. The van der Waals surface area contributed by atoms with E-state index in [1.165, 1.54) is 49.9 Å². The fraction of sp³-hybridized carbons (Fsp3) is 0.444. The highest BCUT2D eigenvalue weighted by Gasteiger charge is 2.35. The number of ether oxygens (including phenoxy) is 1. The van der Waals surface area contributed by atoms with Crippen LogP contribution < -0.4 is 4.74 Å². The van der Waals surface area contributed by atoms with Crippen molar-refractivity contribution < 1.29 is 18.3 Å². The lowest BCUT2D eigenvalue weighted by atomic mass is 9.64. The van der Waals surface area contributed by atoms with Gasteiger partial charge in [0.05, 0.1) is 5.56 Å². The fourth-order valence-corrected chi connectivity index (χ4v) is 5.47. The number of carbonyl (C=O) groups excluding carboxylic acids is 1. The largest absolute Gasteiger partial charge is 0.420 e. The maximum absolute atomic E-state index is 14.8. The number of benzene rings is 2. The van der Waals surface area contributed by atoms with Crippen molar-refractivity contribution >= 4 is 5.97 Å². The van der Waals surface area contributed by atoms with Gasteiger partial charge in [-0.3, -0.25) is 0 Å². The summed E-state index contributed by atoms with van der Waals surface area (Å²) in [4.78, 5) is 12.4. The molecule has 0 aliphatic heterocycles. The van der Waals surface area contributed by atoms with Gasteiger partial charge in [-0.25, -0.2) is 13.6 Å². The van der Waals surface area contributed by atoms with Gasteiger partial charge in [0, 0.05) is 0 Å². The van der Waals surface area contributed by atoms with Crippen LogP contribution in [0.3, 0.4) is 0 Å². The van der Waals surface area contributed by atoms with E-state index in [1.54, 1.807) is 13.0 Å². The number of halogens is 2. The highest BCUT2D eigenvalue weighted by atomic mass is 19.1. The van der Waals surface area contributed by atoms with E-state index >= 15 is 0 Å². The summed E-state index contributed by atoms with van der Waals surface area (Å²) < 4.78 is 33.8. The van der Waals surface area contributed by atoms with Crippen LogP contribution in [0.1, 0.15) is 72.9 Å². The van der Waals surface area contributed by atoms with E-state index in [4.69, 9.17) is 4.74 Å². The van der Waals surface area contributed by atoms with Crippen molar-refractivity contribution in [2.75, 3.05) is 0 Å². The first-order valence-electron chi connectivity index (χ1n) is 11.3. The van der Waals surface area contributed by atoms with Crippen LogP contribution in [0.25, 0.3) is 0 Å². The molecule has 2 aromatic rings. The van der Waals surface area contributed by atoms with Crippen LogP contribution in [-0.2, 0) is 0 Å². The average molecular weight is 425 g/mol. The molecule has 0 heterocycles. The Labute approximate surface area is 183 Å². The molecule has 2 aromatic carbocycles. The third-order valence-electron chi connectivity index (χ3n) is 7.09. The standard InChI is InChI=1S/C27H30F2O2/c1-3-4-18-6-7-20-15-21(9-8-19(20)14-18)22-10-11-23(24(28)16-22)27(30)31-26-12-5-17(2)13-25(26)29/h3-5,10-13,16,18-21H,6-9,14-15H2,1-2H3/b4-3+. The second kappa shape index (κ2) is 9.33. The third kappa shape index (κ3) is 4.89. The number of hydrogen-bond donors (Lipinski definition) is 0. The zero-order valence-corrected chi connectivity index (χ0v) is 18.2. The molecule has 0 bridgehead atoms. The average Bonchev–Trinajstić information content (AvgIpc) is 2.75. The Hall–Kier alpha value is -2.49. The zero-order valence-electron chi connectivity index (χ0n) is 18.2. The van der Waals surface area contributed by atoms with Crippen LogP contribution >= 0.6 is 0 Å². The zero-order chi connectivity index (χ0) is 22.0. The number of aryl methyl sites for hydroxylation is 1. The van der Waals surface area contributed by atoms with E-state index in [9.17, 15) is 13.6 Å². The molecule has 0 spiro atoms. The lowest BCUT2D eigenvalue weighted by Crippen LogP contribution is -2.30. The van der Waals surface area contributed by atoms with Gasteiger partial charge in [-0.05, 0) is 111 Å². The van der Waals surface area contributed by atoms with Crippen LogP contribution in [0.2, 0.25) is 0 Å². The first-order chi connectivity index (χ1) is 14.9. The smallest absolute Gasteiger partial charge is 0.346 e. The Morgan fingerprint density at radius 2 is 1.74 bits per heavy atom. The van der Waals surface area contributed by atoms with Crippen LogP contribution in [0, 0.1) is 36.3 Å². The van der Waals surface area contributed by atoms with Crippen molar-refractivity contribution in [3.05, 3.63) is 76.9 Å². The maximum atomic E-state index is 14.8. The summed E-state index contributed by atoms with van der Waals surface area (Å²) in [6, 6.07) is 9.10. The quantitative estimate of drug-likeness (QED) is 0.291. The Bertz CT molecular complexity index is 981. The minimum absolute atomic E-state index is 0.163. The molecule has 2 nitrogen and oxygen atoms in total. The molecule has 0 saturated heterocycles. The van der Waals surface area contributed by atoms with E-state index in [1.807, 2.05) is 6.07 Å². The van der Waals surface area contributed by atoms with Gasteiger partial charge < -0.3 is 4.74 Å². The summed E-state index contributed by atoms with van der Waals surface area (Å²) in [5, 5.41) is 0. The fourth-order valence-electron chi connectivity index (χ4n) is 5.47. The summed E-state index contributed by atoms with van der Waals surface area (Å²) in [5.41, 5.74) is 1.51. The Kier molecular flexibility index (Phi) is 6.54. The van der Waals surface area contributed by atoms with E-state index in [0.29, 0.717) is 17.8 Å². The number of carbonyl (C=O) groups is 1. The first kappa shape index (κ1) is 21.7. The number of fused-ring (bicyclic) bond motifs is 1. The van der Waals surface area contributed by atoms with Crippen LogP contribution in [0.5, 0.6) is 5.75 Å². The highest BCUT2D eigenvalue weighted by Crippen LogP contribution is 2.48. The monoisotopic (exact) mass is 424 g/mol. The molecule has 2 saturated carbocycles. The summed E-state index contributed by atoms with van der Waals surface area (Å²) in [5.74, 6) is 0.216. The van der Waals surface area contributed by atoms with Crippen LogP contribution in [0.4, 0.5) is 8.78 Å². The Morgan fingerprint density at radius 1 is 0.968 bits per heavy atom. The minimum atomic E-state index is -0.877. The summed E-state index contributed by atoms with van der Waals surface area (Å²) in [7, 11) is 0. The van der Waals surface area contributed by atoms with E-state index < -0.39 is 17.6 Å². The van der Waals surface area contributed by atoms with Gasteiger partial charge in [0.2, 0.25) is 0 Å². The number of esters is 1. The molecule has 4 unspecified atom stereocenters. The molecular weight excluding hydrogens is 394 g/mol. The molecule has 4 heteroatoms. The topological polar surface area (TPSA) is 26.3 Å².